The standard InChI is InChI=1S/C11H7ClF3N3O/c12-6-3-1-2-4-7(6)19-9-5-8(16)17-10(18-9)11(13,14)15/h1-5H,(H2,16,17,18). The molecule has 0 fully saturated rings. The highest BCUT2D eigenvalue weighted by Gasteiger charge is 2.35. The predicted molar refractivity (Wildman–Crippen MR) is 63.0 cm³/mol. The van der Waals surface area contributed by atoms with Gasteiger partial charge in [-0.15, -0.1) is 0 Å². The van der Waals surface area contributed by atoms with Crippen LogP contribution in [0, 0.1) is 0 Å². The van der Waals surface area contributed by atoms with E-state index in [2.05, 4.69) is 9.97 Å². The van der Waals surface area contributed by atoms with Crippen LogP contribution in [-0.2, 0) is 6.18 Å². The van der Waals surface area contributed by atoms with E-state index in [1.54, 1.807) is 12.1 Å². The van der Waals surface area contributed by atoms with Crippen molar-refractivity contribution in [2.75, 3.05) is 5.73 Å². The van der Waals surface area contributed by atoms with Gasteiger partial charge in [0.05, 0.1) is 5.02 Å². The molecule has 100 valence electrons. The molecule has 1 aromatic heterocycles. The van der Waals surface area contributed by atoms with Gasteiger partial charge in [-0.05, 0) is 12.1 Å². The molecule has 0 saturated heterocycles. The van der Waals surface area contributed by atoms with Crippen LogP contribution in [0.4, 0.5) is 19.0 Å². The van der Waals surface area contributed by atoms with E-state index < -0.39 is 12.0 Å². The Labute approximate surface area is 111 Å². The van der Waals surface area contributed by atoms with Crippen molar-refractivity contribution in [3.8, 4) is 11.6 Å². The number of alkyl halides is 3. The highest BCUT2D eigenvalue weighted by atomic mass is 35.5. The molecule has 2 aromatic rings. The lowest BCUT2D eigenvalue weighted by Crippen LogP contribution is -2.12. The molecule has 0 saturated carbocycles. The minimum Gasteiger partial charge on any atom is -0.437 e. The topological polar surface area (TPSA) is 61.0 Å². The van der Waals surface area contributed by atoms with Crippen LogP contribution in [0.2, 0.25) is 5.02 Å². The van der Waals surface area contributed by atoms with Gasteiger partial charge < -0.3 is 10.5 Å². The maximum atomic E-state index is 12.5. The molecule has 0 aliphatic carbocycles. The Bertz CT molecular complexity index is 604. The molecule has 0 amide bonds. The minimum absolute atomic E-state index is 0.176. The monoisotopic (exact) mass is 289 g/mol. The van der Waals surface area contributed by atoms with Crippen molar-refractivity contribution >= 4 is 17.4 Å². The minimum atomic E-state index is -4.70. The maximum Gasteiger partial charge on any atom is 0.451 e. The number of ether oxygens (including phenoxy) is 1. The summed E-state index contributed by atoms with van der Waals surface area (Å²) in [5.74, 6) is -1.86. The Morgan fingerprint density at radius 2 is 1.84 bits per heavy atom. The molecule has 0 aliphatic heterocycles. The number of halogens is 4. The van der Waals surface area contributed by atoms with Gasteiger partial charge in [0.25, 0.3) is 0 Å². The van der Waals surface area contributed by atoms with E-state index >= 15 is 0 Å². The number of rotatable bonds is 2. The van der Waals surface area contributed by atoms with Gasteiger partial charge in [0.15, 0.2) is 0 Å². The van der Waals surface area contributed by atoms with E-state index in [0.717, 1.165) is 6.07 Å². The van der Waals surface area contributed by atoms with Crippen LogP contribution in [0.25, 0.3) is 0 Å². The zero-order valence-corrected chi connectivity index (χ0v) is 10.0. The van der Waals surface area contributed by atoms with Crippen molar-refractivity contribution in [1.82, 2.24) is 9.97 Å². The number of aromatic nitrogens is 2. The van der Waals surface area contributed by atoms with Crippen LogP contribution in [0.3, 0.4) is 0 Å². The first-order valence-electron chi connectivity index (χ1n) is 5.00. The third-order valence-corrected chi connectivity index (χ3v) is 2.34. The normalized spacial score (nSPS) is 11.4. The fourth-order valence-corrected chi connectivity index (χ4v) is 1.44. The molecule has 19 heavy (non-hydrogen) atoms. The van der Waals surface area contributed by atoms with Crippen molar-refractivity contribution in [3.63, 3.8) is 0 Å². The highest BCUT2D eigenvalue weighted by Crippen LogP contribution is 2.31. The van der Waals surface area contributed by atoms with E-state index in [1.807, 2.05) is 0 Å². The van der Waals surface area contributed by atoms with Crippen molar-refractivity contribution in [3.05, 3.63) is 41.2 Å². The summed E-state index contributed by atoms with van der Waals surface area (Å²) in [4.78, 5) is 6.34. The van der Waals surface area contributed by atoms with Gasteiger partial charge in [-0.1, -0.05) is 23.7 Å². The van der Waals surface area contributed by atoms with Gasteiger partial charge in [-0.2, -0.15) is 18.2 Å². The SMILES string of the molecule is Nc1cc(Oc2ccccc2Cl)nc(C(F)(F)F)n1. The number of hydrogen-bond acceptors (Lipinski definition) is 4. The Morgan fingerprint density at radius 3 is 2.47 bits per heavy atom. The zero-order chi connectivity index (χ0) is 14.0. The molecule has 1 aromatic carbocycles. The molecule has 1 heterocycles. The van der Waals surface area contributed by atoms with Gasteiger partial charge in [-0.3, -0.25) is 0 Å². The fraction of sp³-hybridized carbons (Fsp3) is 0.0909. The smallest absolute Gasteiger partial charge is 0.437 e. The molecule has 0 unspecified atom stereocenters. The molecule has 8 heteroatoms. The molecule has 2 rings (SSSR count). The second-order valence-electron chi connectivity index (χ2n) is 3.48. The third-order valence-electron chi connectivity index (χ3n) is 2.03. The number of para-hydroxylation sites is 1. The predicted octanol–water partition coefficient (Wildman–Crippen LogP) is 3.52. The zero-order valence-electron chi connectivity index (χ0n) is 9.28. The van der Waals surface area contributed by atoms with Crippen LogP contribution >= 0.6 is 11.6 Å². The van der Waals surface area contributed by atoms with Gasteiger partial charge in [0, 0.05) is 6.07 Å². The Hall–Kier alpha value is -2.02. The van der Waals surface area contributed by atoms with Crippen LogP contribution < -0.4 is 10.5 Å². The molecule has 0 radical (unpaired) electrons. The maximum absolute atomic E-state index is 12.5. The Kier molecular flexibility index (Phi) is 3.48. The number of benzene rings is 1. The van der Waals surface area contributed by atoms with Gasteiger partial charge in [0.1, 0.15) is 11.6 Å². The van der Waals surface area contributed by atoms with E-state index in [1.165, 1.54) is 12.1 Å². The second-order valence-corrected chi connectivity index (χ2v) is 3.89. The summed E-state index contributed by atoms with van der Waals surface area (Å²) in [6.07, 6.45) is -4.70. The number of nitrogens with zero attached hydrogens (tertiary/aromatic N) is 2. The van der Waals surface area contributed by atoms with Gasteiger partial charge in [-0.25, -0.2) is 4.98 Å². The molecule has 0 spiro atoms. The summed E-state index contributed by atoms with van der Waals surface area (Å²) in [6, 6.07) is 7.39. The first kappa shape index (κ1) is 13.4. The third kappa shape index (κ3) is 3.25. The van der Waals surface area contributed by atoms with Crippen LogP contribution in [0.5, 0.6) is 11.6 Å². The number of anilines is 1. The van der Waals surface area contributed by atoms with Crippen LogP contribution in [0.1, 0.15) is 5.82 Å². The van der Waals surface area contributed by atoms with Crippen molar-refractivity contribution in [1.29, 1.82) is 0 Å². The Balaban J connectivity index is 2.36. The fourth-order valence-electron chi connectivity index (χ4n) is 1.26. The summed E-state index contributed by atoms with van der Waals surface area (Å²) in [6.45, 7) is 0. The molecule has 0 bridgehead atoms. The second kappa shape index (κ2) is 4.93. The van der Waals surface area contributed by atoms with Crippen LogP contribution in [-0.4, -0.2) is 9.97 Å². The summed E-state index contributed by atoms with van der Waals surface area (Å²) in [5, 5.41) is 0.244. The summed E-state index contributed by atoms with van der Waals surface area (Å²) < 4.78 is 42.7. The van der Waals surface area contributed by atoms with E-state index in [0.29, 0.717) is 0 Å². The molecule has 2 N–H and O–H groups in total. The van der Waals surface area contributed by atoms with Crippen molar-refractivity contribution in [2.45, 2.75) is 6.18 Å². The first-order valence-corrected chi connectivity index (χ1v) is 5.38. The summed E-state index contributed by atoms with van der Waals surface area (Å²) >= 11 is 5.82. The number of hydrogen-bond donors (Lipinski definition) is 1. The summed E-state index contributed by atoms with van der Waals surface area (Å²) in [7, 11) is 0. The molecule has 0 atom stereocenters. The quantitative estimate of drug-likeness (QED) is 0.919. The average Bonchev–Trinajstić information content (AvgIpc) is 2.30. The lowest BCUT2D eigenvalue weighted by Gasteiger charge is -2.10. The van der Waals surface area contributed by atoms with Crippen molar-refractivity contribution in [2.24, 2.45) is 0 Å². The van der Waals surface area contributed by atoms with E-state index in [9.17, 15) is 13.2 Å². The average molecular weight is 290 g/mol. The molecule has 0 aliphatic rings. The van der Waals surface area contributed by atoms with Crippen LogP contribution in [0.15, 0.2) is 30.3 Å². The molecule has 4 nitrogen and oxygen atoms in total. The van der Waals surface area contributed by atoms with E-state index in [-0.39, 0.29) is 22.5 Å². The lowest BCUT2D eigenvalue weighted by molar-refractivity contribution is -0.145. The first-order chi connectivity index (χ1) is 8.86. The molecular formula is C11H7ClF3N3O. The number of nitrogen functional groups attached to an aromatic ring is 1. The van der Waals surface area contributed by atoms with E-state index in [4.69, 9.17) is 22.1 Å². The molecular weight excluding hydrogens is 283 g/mol. The lowest BCUT2D eigenvalue weighted by atomic mass is 10.3. The summed E-state index contributed by atoms with van der Waals surface area (Å²) in [5.41, 5.74) is 5.28. The number of nitrogens with two attached hydrogens (primary N) is 1. The van der Waals surface area contributed by atoms with Crippen molar-refractivity contribution < 1.29 is 17.9 Å². The van der Waals surface area contributed by atoms with Gasteiger partial charge >= 0.3 is 6.18 Å². The highest BCUT2D eigenvalue weighted by molar-refractivity contribution is 6.32. The largest absolute Gasteiger partial charge is 0.451 e. The van der Waals surface area contributed by atoms with Gasteiger partial charge in [0.2, 0.25) is 11.7 Å². The Morgan fingerprint density at radius 1 is 1.16 bits per heavy atom.